The van der Waals surface area contributed by atoms with E-state index in [1.54, 1.807) is 0 Å². The Hall–Kier alpha value is -1.30. The molecule has 0 radical (unpaired) electrons. The molecule has 0 bridgehead atoms. The van der Waals surface area contributed by atoms with Gasteiger partial charge in [-0.15, -0.1) is 0 Å². The molecule has 0 aromatic rings. The molecule has 2 unspecified atom stereocenters. The van der Waals surface area contributed by atoms with E-state index in [1.165, 1.54) is 6.42 Å². The number of hydrogen-bond acceptors (Lipinski definition) is 3. The molecule has 1 heterocycles. The second kappa shape index (κ2) is 7.47. The van der Waals surface area contributed by atoms with Crippen LogP contribution in [-0.2, 0) is 9.53 Å². The number of carboxylic acid groups (broad SMARTS) is 1. The van der Waals surface area contributed by atoms with E-state index < -0.39 is 5.97 Å². The van der Waals surface area contributed by atoms with Gasteiger partial charge in [-0.2, -0.15) is 0 Å². The van der Waals surface area contributed by atoms with Gasteiger partial charge in [0.2, 0.25) is 0 Å². The Bertz CT molecular complexity index is 338. The van der Waals surface area contributed by atoms with Gasteiger partial charge in [-0.25, -0.2) is 4.79 Å². The summed E-state index contributed by atoms with van der Waals surface area (Å²) in [5.74, 6) is -0.531. The molecule has 2 amide bonds. The van der Waals surface area contributed by atoms with Gasteiger partial charge in [0, 0.05) is 19.2 Å². The van der Waals surface area contributed by atoms with E-state index in [2.05, 4.69) is 10.6 Å². The lowest BCUT2D eigenvalue weighted by atomic mass is 10.1. The van der Waals surface area contributed by atoms with Gasteiger partial charge in [-0.05, 0) is 44.4 Å². The highest BCUT2D eigenvalue weighted by Crippen LogP contribution is 2.33. The predicted octanol–water partition coefficient (Wildman–Crippen LogP) is 1.50. The van der Waals surface area contributed by atoms with Crippen LogP contribution >= 0.6 is 0 Å². The first kappa shape index (κ1) is 15.1. The first-order valence-electron chi connectivity index (χ1n) is 7.53. The fourth-order valence-corrected chi connectivity index (χ4v) is 2.62. The Morgan fingerprint density at radius 3 is 2.65 bits per heavy atom. The van der Waals surface area contributed by atoms with Crippen LogP contribution in [-0.4, -0.2) is 42.4 Å². The number of carboxylic acids is 1. The molecule has 114 valence electrons. The highest BCUT2D eigenvalue weighted by atomic mass is 16.5. The summed E-state index contributed by atoms with van der Waals surface area (Å²) in [4.78, 5) is 22.5. The standard InChI is InChI=1S/C14H24N2O4/c17-13(18)9-12(10-4-5-10)16-14(19)15-7-6-11-3-1-2-8-20-11/h10-12H,1-9H2,(H,17,18)(H2,15,16,19). The van der Waals surface area contributed by atoms with E-state index in [1.807, 2.05) is 0 Å². The number of carbonyl (C=O) groups is 2. The maximum atomic E-state index is 11.8. The van der Waals surface area contributed by atoms with Crippen molar-refractivity contribution in [3.05, 3.63) is 0 Å². The number of aliphatic carboxylic acids is 1. The molecule has 2 rings (SSSR count). The zero-order valence-corrected chi connectivity index (χ0v) is 11.8. The van der Waals surface area contributed by atoms with Crippen LogP contribution in [0.5, 0.6) is 0 Å². The maximum absolute atomic E-state index is 11.8. The molecule has 6 heteroatoms. The Kier molecular flexibility index (Phi) is 5.64. The molecule has 0 spiro atoms. The number of nitrogens with one attached hydrogen (secondary N) is 2. The fraction of sp³-hybridized carbons (Fsp3) is 0.857. The molecular formula is C14H24N2O4. The van der Waals surface area contributed by atoms with Crippen molar-refractivity contribution in [1.82, 2.24) is 10.6 Å². The number of hydrogen-bond donors (Lipinski definition) is 3. The molecule has 20 heavy (non-hydrogen) atoms. The molecule has 1 saturated carbocycles. The number of urea groups is 1. The van der Waals surface area contributed by atoms with E-state index in [4.69, 9.17) is 9.84 Å². The number of amides is 2. The largest absolute Gasteiger partial charge is 0.481 e. The average molecular weight is 284 g/mol. The van der Waals surface area contributed by atoms with Crippen LogP contribution in [0.15, 0.2) is 0 Å². The Morgan fingerprint density at radius 2 is 2.05 bits per heavy atom. The molecule has 1 saturated heterocycles. The Labute approximate surface area is 119 Å². The Balaban J connectivity index is 1.62. The molecule has 3 N–H and O–H groups in total. The van der Waals surface area contributed by atoms with Gasteiger partial charge in [0.25, 0.3) is 0 Å². The van der Waals surface area contributed by atoms with Crippen molar-refractivity contribution in [2.75, 3.05) is 13.2 Å². The SMILES string of the molecule is O=C(O)CC(NC(=O)NCCC1CCCCO1)C1CC1. The zero-order valence-electron chi connectivity index (χ0n) is 11.8. The minimum Gasteiger partial charge on any atom is -0.481 e. The summed E-state index contributed by atoms with van der Waals surface area (Å²) in [6.45, 7) is 1.39. The number of rotatable bonds is 7. The van der Waals surface area contributed by atoms with Gasteiger partial charge >= 0.3 is 12.0 Å². The van der Waals surface area contributed by atoms with E-state index in [9.17, 15) is 9.59 Å². The van der Waals surface area contributed by atoms with Gasteiger partial charge in [0.05, 0.1) is 12.5 Å². The smallest absolute Gasteiger partial charge is 0.315 e. The van der Waals surface area contributed by atoms with Crippen LogP contribution < -0.4 is 10.6 Å². The molecule has 6 nitrogen and oxygen atoms in total. The van der Waals surface area contributed by atoms with E-state index in [0.29, 0.717) is 12.5 Å². The van der Waals surface area contributed by atoms with Gasteiger partial charge in [-0.3, -0.25) is 4.79 Å². The van der Waals surface area contributed by atoms with Crippen molar-refractivity contribution in [3.63, 3.8) is 0 Å². The van der Waals surface area contributed by atoms with Crippen LogP contribution in [0.3, 0.4) is 0 Å². The van der Waals surface area contributed by atoms with Crippen LogP contribution in [0.25, 0.3) is 0 Å². The van der Waals surface area contributed by atoms with Crippen molar-refractivity contribution in [2.45, 2.75) is 57.1 Å². The van der Waals surface area contributed by atoms with Gasteiger partial charge < -0.3 is 20.5 Å². The van der Waals surface area contributed by atoms with Crippen molar-refractivity contribution < 1.29 is 19.4 Å². The molecule has 2 fully saturated rings. The monoisotopic (exact) mass is 284 g/mol. The highest BCUT2D eigenvalue weighted by Gasteiger charge is 2.33. The van der Waals surface area contributed by atoms with Crippen LogP contribution in [0.1, 0.15) is 44.9 Å². The normalized spacial score (nSPS) is 23.9. The molecule has 0 aromatic carbocycles. The van der Waals surface area contributed by atoms with E-state index >= 15 is 0 Å². The number of ether oxygens (including phenoxy) is 1. The summed E-state index contributed by atoms with van der Waals surface area (Å²) >= 11 is 0. The van der Waals surface area contributed by atoms with Crippen molar-refractivity contribution >= 4 is 12.0 Å². The van der Waals surface area contributed by atoms with Gasteiger partial charge in [0.15, 0.2) is 0 Å². The minimum absolute atomic E-state index is 0.00379. The fourth-order valence-electron chi connectivity index (χ4n) is 2.62. The topological polar surface area (TPSA) is 87.7 Å². The lowest BCUT2D eigenvalue weighted by Gasteiger charge is -2.23. The Morgan fingerprint density at radius 1 is 1.25 bits per heavy atom. The quantitative estimate of drug-likeness (QED) is 0.661. The molecule has 2 atom stereocenters. The van der Waals surface area contributed by atoms with Gasteiger partial charge in [-0.1, -0.05) is 0 Å². The first-order chi connectivity index (χ1) is 9.65. The highest BCUT2D eigenvalue weighted by molar-refractivity contribution is 5.75. The summed E-state index contributed by atoms with van der Waals surface area (Å²) in [5.41, 5.74) is 0. The summed E-state index contributed by atoms with van der Waals surface area (Å²) in [6.07, 6.45) is 6.48. The predicted molar refractivity (Wildman–Crippen MR) is 73.5 cm³/mol. The third-order valence-corrected chi connectivity index (χ3v) is 3.93. The van der Waals surface area contributed by atoms with E-state index in [0.717, 1.165) is 38.7 Å². The lowest BCUT2D eigenvalue weighted by molar-refractivity contribution is -0.137. The van der Waals surface area contributed by atoms with Gasteiger partial charge in [0.1, 0.15) is 0 Å². The van der Waals surface area contributed by atoms with Crippen LogP contribution in [0, 0.1) is 5.92 Å². The molecular weight excluding hydrogens is 260 g/mol. The molecule has 1 aliphatic carbocycles. The summed E-state index contributed by atoms with van der Waals surface area (Å²) in [5, 5.41) is 14.4. The van der Waals surface area contributed by atoms with Crippen LogP contribution in [0.2, 0.25) is 0 Å². The van der Waals surface area contributed by atoms with Crippen molar-refractivity contribution in [3.8, 4) is 0 Å². The average Bonchev–Trinajstić information content (AvgIpc) is 3.23. The zero-order chi connectivity index (χ0) is 14.4. The lowest BCUT2D eigenvalue weighted by Crippen LogP contribution is -2.44. The summed E-state index contributed by atoms with van der Waals surface area (Å²) in [7, 11) is 0. The summed E-state index contributed by atoms with van der Waals surface area (Å²) < 4.78 is 5.59. The third-order valence-electron chi connectivity index (χ3n) is 3.93. The van der Waals surface area contributed by atoms with Crippen molar-refractivity contribution in [2.24, 2.45) is 5.92 Å². The van der Waals surface area contributed by atoms with E-state index in [-0.39, 0.29) is 24.6 Å². The molecule has 2 aliphatic rings. The first-order valence-corrected chi connectivity index (χ1v) is 7.53. The number of carbonyl (C=O) groups excluding carboxylic acids is 1. The minimum atomic E-state index is -0.863. The second-order valence-corrected chi connectivity index (χ2v) is 5.72. The molecule has 1 aliphatic heterocycles. The third kappa shape index (κ3) is 5.36. The van der Waals surface area contributed by atoms with Crippen molar-refractivity contribution in [1.29, 1.82) is 0 Å². The summed E-state index contributed by atoms with van der Waals surface area (Å²) in [6, 6.07) is -0.502. The van der Waals surface area contributed by atoms with Crippen LogP contribution in [0.4, 0.5) is 4.79 Å². The second-order valence-electron chi connectivity index (χ2n) is 5.72. The maximum Gasteiger partial charge on any atom is 0.315 e. The molecule has 0 aromatic heterocycles.